The van der Waals surface area contributed by atoms with Crippen molar-refractivity contribution in [1.82, 2.24) is 9.97 Å². The minimum Gasteiger partial charge on any atom is -0.341 e. The van der Waals surface area contributed by atoms with Gasteiger partial charge in [0.15, 0.2) is 0 Å². The molecule has 0 aliphatic carbocycles. The van der Waals surface area contributed by atoms with E-state index in [1.807, 2.05) is 36.4 Å². The molecule has 0 N–H and O–H groups in total. The van der Waals surface area contributed by atoms with E-state index >= 15 is 0 Å². The third-order valence-electron chi connectivity index (χ3n) is 3.39. The maximum atomic E-state index is 6.14. The van der Waals surface area contributed by atoms with Crippen molar-refractivity contribution in [2.24, 2.45) is 0 Å². The molecule has 2 aromatic rings. The fourth-order valence-electron chi connectivity index (χ4n) is 2.40. The van der Waals surface area contributed by atoms with Gasteiger partial charge in [-0.1, -0.05) is 41.9 Å². The second-order valence-corrected chi connectivity index (χ2v) is 5.18. The lowest BCUT2D eigenvalue weighted by Crippen LogP contribution is -2.31. The number of piperidine rings is 1. The summed E-state index contributed by atoms with van der Waals surface area (Å²) in [5.41, 5.74) is 1.96. The first-order valence-corrected chi connectivity index (χ1v) is 7.06. The number of nitrogens with zero attached hydrogens (tertiary/aromatic N) is 3. The molecule has 1 fully saturated rings. The van der Waals surface area contributed by atoms with E-state index in [9.17, 15) is 0 Å². The highest BCUT2D eigenvalue weighted by atomic mass is 35.5. The molecule has 1 aliphatic rings. The van der Waals surface area contributed by atoms with E-state index in [2.05, 4.69) is 14.9 Å². The van der Waals surface area contributed by atoms with E-state index in [0.29, 0.717) is 5.15 Å². The summed E-state index contributed by atoms with van der Waals surface area (Å²) in [6.45, 7) is 2.04. The Morgan fingerprint density at radius 3 is 2.42 bits per heavy atom. The Labute approximate surface area is 118 Å². The SMILES string of the molecule is Clc1cc(-c2ccccc2)nc(N2CCCCC2)n1. The van der Waals surface area contributed by atoms with Crippen molar-refractivity contribution < 1.29 is 0 Å². The molecular weight excluding hydrogens is 258 g/mol. The lowest BCUT2D eigenvalue weighted by atomic mass is 10.1. The molecule has 0 saturated carbocycles. The first kappa shape index (κ1) is 12.4. The van der Waals surface area contributed by atoms with Gasteiger partial charge in [-0.15, -0.1) is 0 Å². The minimum absolute atomic E-state index is 0.509. The zero-order chi connectivity index (χ0) is 13.1. The second kappa shape index (κ2) is 5.57. The van der Waals surface area contributed by atoms with E-state index in [0.717, 1.165) is 30.3 Å². The molecule has 0 unspecified atom stereocenters. The van der Waals surface area contributed by atoms with Crippen LogP contribution in [0.25, 0.3) is 11.3 Å². The van der Waals surface area contributed by atoms with E-state index < -0.39 is 0 Å². The Hall–Kier alpha value is -1.61. The Balaban J connectivity index is 1.96. The first-order valence-electron chi connectivity index (χ1n) is 6.68. The van der Waals surface area contributed by atoms with Crippen molar-refractivity contribution >= 4 is 17.5 Å². The largest absolute Gasteiger partial charge is 0.341 e. The number of hydrogen-bond acceptors (Lipinski definition) is 3. The van der Waals surface area contributed by atoms with Gasteiger partial charge in [-0.05, 0) is 19.3 Å². The third kappa shape index (κ3) is 2.87. The Morgan fingerprint density at radius 2 is 1.68 bits per heavy atom. The predicted molar refractivity (Wildman–Crippen MR) is 78.5 cm³/mol. The Kier molecular flexibility index (Phi) is 3.65. The molecule has 0 amide bonds. The van der Waals surface area contributed by atoms with Crippen LogP contribution in [0.3, 0.4) is 0 Å². The van der Waals surface area contributed by atoms with Crippen molar-refractivity contribution in [3.63, 3.8) is 0 Å². The van der Waals surface area contributed by atoms with Crippen molar-refractivity contribution in [3.05, 3.63) is 41.6 Å². The highest BCUT2D eigenvalue weighted by Gasteiger charge is 2.15. The Morgan fingerprint density at radius 1 is 0.947 bits per heavy atom. The minimum atomic E-state index is 0.509. The van der Waals surface area contributed by atoms with Crippen molar-refractivity contribution in [2.45, 2.75) is 19.3 Å². The fraction of sp³-hybridized carbons (Fsp3) is 0.333. The molecule has 0 radical (unpaired) electrons. The van der Waals surface area contributed by atoms with Crippen LogP contribution >= 0.6 is 11.6 Å². The second-order valence-electron chi connectivity index (χ2n) is 4.79. The normalized spacial score (nSPS) is 15.5. The van der Waals surface area contributed by atoms with Gasteiger partial charge in [0.05, 0.1) is 5.69 Å². The average molecular weight is 274 g/mol. The molecule has 19 heavy (non-hydrogen) atoms. The lowest BCUT2D eigenvalue weighted by molar-refractivity contribution is 0.568. The van der Waals surface area contributed by atoms with Crippen LogP contribution in [0, 0.1) is 0 Å². The Bertz CT molecular complexity index is 551. The van der Waals surface area contributed by atoms with Gasteiger partial charge in [-0.2, -0.15) is 0 Å². The number of aromatic nitrogens is 2. The lowest BCUT2D eigenvalue weighted by Gasteiger charge is -2.26. The molecule has 2 heterocycles. The summed E-state index contributed by atoms with van der Waals surface area (Å²) in [5, 5.41) is 0.509. The van der Waals surface area contributed by atoms with E-state index in [1.165, 1.54) is 19.3 Å². The van der Waals surface area contributed by atoms with Crippen molar-refractivity contribution in [1.29, 1.82) is 0 Å². The third-order valence-corrected chi connectivity index (χ3v) is 3.59. The van der Waals surface area contributed by atoms with Crippen LogP contribution in [0.1, 0.15) is 19.3 Å². The van der Waals surface area contributed by atoms with Gasteiger partial charge < -0.3 is 4.90 Å². The molecule has 1 aliphatic heterocycles. The molecular formula is C15H16ClN3. The predicted octanol–water partition coefficient (Wildman–Crippen LogP) is 3.79. The number of rotatable bonds is 2. The van der Waals surface area contributed by atoms with Crippen LogP contribution < -0.4 is 4.90 Å². The number of benzene rings is 1. The smallest absolute Gasteiger partial charge is 0.227 e. The van der Waals surface area contributed by atoms with E-state index in [4.69, 9.17) is 11.6 Å². The topological polar surface area (TPSA) is 29.0 Å². The average Bonchev–Trinajstić information content (AvgIpc) is 2.48. The molecule has 1 aromatic heterocycles. The van der Waals surface area contributed by atoms with Crippen LogP contribution in [0.15, 0.2) is 36.4 Å². The summed E-state index contributed by atoms with van der Waals surface area (Å²) in [4.78, 5) is 11.2. The summed E-state index contributed by atoms with van der Waals surface area (Å²) in [7, 11) is 0. The summed E-state index contributed by atoms with van der Waals surface area (Å²) >= 11 is 6.14. The molecule has 0 bridgehead atoms. The highest BCUT2D eigenvalue weighted by molar-refractivity contribution is 6.29. The summed E-state index contributed by atoms with van der Waals surface area (Å²) in [6.07, 6.45) is 3.70. The molecule has 4 heteroatoms. The maximum Gasteiger partial charge on any atom is 0.227 e. The zero-order valence-electron chi connectivity index (χ0n) is 10.7. The maximum absolute atomic E-state index is 6.14. The van der Waals surface area contributed by atoms with Crippen LogP contribution in [0.5, 0.6) is 0 Å². The number of hydrogen-bond donors (Lipinski definition) is 0. The molecule has 0 spiro atoms. The zero-order valence-corrected chi connectivity index (χ0v) is 11.5. The standard InChI is InChI=1S/C15H16ClN3/c16-14-11-13(12-7-3-1-4-8-12)17-15(18-14)19-9-5-2-6-10-19/h1,3-4,7-8,11H,2,5-6,9-10H2. The monoisotopic (exact) mass is 273 g/mol. The van der Waals surface area contributed by atoms with Gasteiger partial charge in [0.1, 0.15) is 5.15 Å². The number of halogens is 1. The van der Waals surface area contributed by atoms with Crippen LogP contribution in [-0.2, 0) is 0 Å². The van der Waals surface area contributed by atoms with Gasteiger partial charge in [-0.3, -0.25) is 0 Å². The molecule has 1 aromatic carbocycles. The van der Waals surface area contributed by atoms with Crippen LogP contribution in [0.2, 0.25) is 5.15 Å². The molecule has 3 rings (SSSR count). The quantitative estimate of drug-likeness (QED) is 0.780. The van der Waals surface area contributed by atoms with Gasteiger partial charge in [0, 0.05) is 24.7 Å². The van der Waals surface area contributed by atoms with Gasteiger partial charge in [0.2, 0.25) is 5.95 Å². The van der Waals surface area contributed by atoms with E-state index in [1.54, 1.807) is 0 Å². The molecule has 1 saturated heterocycles. The summed E-state index contributed by atoms with van der Waals surface area (Å²) in [5.74, 6) is 0.756. The highest BCUT2D eigenvalue weighted by Crippen LogP contribution is 2.24. The summed E-state index contributed by atoms with van der Waals surface area (Å²) in [6, 6.07) is 11.9. The van der Waals surface area contributed by atoms with Crippen LogP contribution in [-0.4, -0.2) is 23.1 Å². The van der Waals surface area contributed by atoms with Gasteiger partial charge in [-0.25, -0.2) is 9.97 Å². The molecule has 98 valence electrons. The van der Waals surface area contributed by atoms with Gasteiger partial charge >= 0.3 is 0 Å². The van der Waals surface area contributed by atoms with Crippen molar-refractivity contribution in [2.75, 3.05) is 18.0 Å². The fourth-order valence-corrected chi connectivity index (χ4v) is 2.58. The van der Waals surface area contributed by atoms with E-state index in [-0.39, 0.29) is 0 Å². The van der Waals surface area contributed by atoms with Gasteiger partial charge in [0.25, 0.3) is 0 Å². The molecule has 3 nitrogen and oxygen atoms in total. The molecule has 0 atom stereocenters. The number of anilines is 1. The summed E-state index contributed by atoms with van der Waals surface area (Å²) < 4.78 is 0. The first-order chi connectivity index (χ1) is 9.33. The van der Waals surface area contributed by atoms with Crippen LogP contribution in [0.4, 0.5) is 5.95 Å². The van der Waals surface area contributed by atoms with Crippen molar-refractivity contribution in [3.8, 4) is 11.3 Å².